The predicted octanol–water partition coefficient (Wildman–Crippen LogP) is -0.818. The molecular formula is C52H92N16O12. The molecule has 2 aromatic rings. The minimum absolute atomic E-state index is 0.0321. The number of aryl methyl sites for hydroxylation is 1. The van der Waals surface area contributed by atoms with E-state index in [1.54, 1.807) is 0 Å². The Morgan fingerprint density at radius 3 is 1.76 bits per heavy atom. The van der Waals surface area contributed by atoms with Crippen LogP contribution in [0.1, 0.15) is 160 Å². The van der Waals surface area contributed by atoms with Gasteiger partial charge in [0.1, 0.15) is 42.6 Å². The van der Waals surface area contributed by atoms with Gasteiger partial charge in [0.2, 0.25) is 53.2 Å². The van der Waals surface area contributed by atoms with Gasteiger partial charge in [-0.3, -0.25) is 43.2 Å². The van der Waals surface area contributed by atoms with E-state index in [0.717, 1.165) is 44.3 Å². The molecule has 2 heterocycles. The fourth-order valence-electron chi connectivity index (χ4n) is 8.29. The Balaban J connectivity index is 1.73. The molecule has 9 amide bonds. The zero-order chi connectivity index (χ0) is 58.6. The van der Waals surface area contributed by atoms with Gasteiger partial charge in [0.15, 0.2) is 0 Å². The number of aromatic nitrogens is 6. The van der Waals surface area contributed by atoms with Crippen molar-refractivity contribution in [3.8, 4) is 0 Å². The van der Waals surface area contributed by atoms with Crippen molar-refractivity contribution < 1.29 is 57.7 Å². The number of aliphatic hydroxyl groups excluding tert-OH is 1. The number of tetrazole rings is 1. The Morgan fingerprint density at radius 2 is 1.19 bits per heavy atom. The number of aliphatic hydroxyl groups is 1. The molecule has 0 bridgehead atoms. The van der Waals surface area contributed by atoms with E-state index in [2.05, 4.69) is 73.1 Å². The summed E-state index contributed by atoms with van der Waals surface area (Å²) < 4.78 is 10.8. The summed E-state index contributed by atoms with van der Waals surface area (Å²) in [4.78, 5) is 124. The Bertz CT molecular complexity index is 2070. The molecule has 0 spiro atoms. The van der Waals surface area contributed by atoms with Gasteiger partial charge in [-0.1, -0.05) is 90.4 Å². The number of ether oxygens (including phenoxy) is 2. The zero-order valence-electron chi connectivity index (χ0n) is 47.1. The van der Waals surface area contributed by atoms with E-state index in [1.807, 2.05) is 6.92 Å². The zero-order valence-corrected chi connectivity index (χ0v) is 47.1. The van der Waals surface area contributed by atoms with Crippen LogP contribution < -0.4 is 54.0 Å². The lowest BCUT2D eigenvalue weighted by atomic mass is 10.0. The molecule has 5 atom stereocenters. The topological polar surface area (TPSA) is 424 Å². The lowest BCUT2D eigenvalue weighted by Crippen LogP contribution is -2.60. The van der Waals surface area contributed by atoms with E-state index < -0.39 is 104 Å². The first-order valence-corrected chi connectivity index (χ1v) is 28.4. The first kappa shape index (κ1) is 69.5. The maximum atomic E-state index is 14.0. The first-order valence-electron chi connectivity index (χ1n) is 28.4. The van der Waals surface area contributed by atoms with Crippen LogP contribution in [-0.4, -0.2) is 179 Å². The van der Waals surface area contributed by atoms with E-state index >= 15 is 0 Å². The summed E-state index contributed by atoms with van der Waals surface area (Å²) in [7, 11) is 1.45. The molecule has 2 aromatic heterocycles. The van der Waals surface area contributed by atoms with E-state index in [4.69, 9.17) is 20.9 Å². The van der Waals surface area contributed by atoms with Crippen molar-refractivity contribution in [2.24, 2.45) is 11.5 Å². The third-order valence-electron chi connectivity index (χ3n) is 12.9. The molecule has 0 aliphatic carbocycles. The molecule has 0 fully saturated rings. The quantitative estimate of drug-likeness (QED) is 0.0360. The van der Waals surface area contributed by atoms with Crippen LogP contribution in [0.5, 0.6) is 0 Å². The molecule has 15 N–H and O–H groups in total. The minimum Gasteiger partial charge on any atom is -0.394 e. The van der Waals surface area contributed by atoms with Gasteiger partial charge >= 0.3 is 0 Å². The fraction of sp³-hybridized carbons (Fsp3) is 0.750. The number of nitrogens with zero attached hydrogens (tertiary/aromatic N) is 4. The molecule has 28 nitrogen and oxygen atoms in total. The molecule has 80 heavy (non-hydrogen) atoms. The van der Waals surface area contributed by atoms with Crippen LogP contribution in [0.2, 0.25) is 0 Å². The van der Waals surface area contributed by atoms with Crippen LogP contribution in [0.3, 0.4) is 0 Å². The number of nitrogens with two attached hydrogens (primary N) is 2. The molecule has 0 radical (unpaired) electrons. The molecule has 0 aliphatic heterocycles. The van der Waals surface area contributed by atoms with Gasteiger partial charge in [-0.05, 0) is 61.9 Å². The van der Waals surface area contributed by atoms with Crippen LogP contribution in [0, 0.1) is 0 Å². The average Bonchev–Trinajstić information content (AvgIpc) is 4.18. The number of H-pyrrole nitrogens is 2. The highest BCUT2D eigenvalue weighted by Crippen LogP contribution is 2.14. The number of hydrogen-bond acceptors (Lipinski definition) is 17. The highest BCUT2D eigenvalue weighted by Gasteiger charge is 2.33. The van der Waals surface area contributed by atoms with Gasteiger partial charge in [0.25, 0.3) is 0 Å². The van der Waals surface area contributed by atoms with Crippen molar-refractivity contribution in [1.82, 2.24) is 73.1 Å². The molecule has 0 saturated heterocycles. The number of carbonyl (C=O) groups is 9. The lowest BCUT2D eigenvalue weighted by Gasteiger charge is -2.27. The van der Waals surface area contributed by atoms with Gasteiger partial charge in [-0.2, -0.15) is 0 Å². The Morgan fingerprint density at radius 1 is 0.613 bits per heavy atom. The third kappa shape index (κ3) is 33.1. The molecule has 0 saturated carbocycles. The molecule has 0 aromatic carbocycles. The summed E-state index contributed by atoms with van der Waals surface area (Å²) in [5, 5.41) is 44.3. The molecule has 2 rings (SSSR count). The summed E-state index contributed by atoms with van der Waals surface area (Å²) in [6, 6.07) is -6.58. The summed E-state index contributed by atoms with van der Waals surface area (Å²) in [5.41, 5.74) is 11.4. The van der Waals surface area contributed by atoms with Crippen molar-refractivity contribution in [3.05, 3.63) is 24.0 Å². The van der Waals surface area contributed by atoms with Crippen molar-refractivity contribution >= 4 is 53.2 Å². The number of nitrogens with one attached hydrogen (secondary N) is 10. The number of aromatic amines is 2. The van der Waals surface area contributed by atoms with Crippen LogP contribution in [0.15, 0.2) is 12.5 Å². The second-order valence-electron chi connectivity index (χ2n) is 19.6. The van der Waals surface area contributed by atoms with Gasteiger partial charge < -0.3 is 73.6 Å². The van der Waals surface area contributed by atoms with E-state index in [1.165, 1.54) is 77.4 Å². The first-order chi connectivity index (χ1) is 38.7. The van der Waals surface area contributed by atoms with Crippen molar-refractivity contribution in [1.29, 1.82) is 0 Å². The SMILES string of the molecule is CCCC[C@H](NC(=O)[C@H](CCCCN)NC(=O)[C@H](Cc1c[nH]cn1)NC(=O)[C@H](CCC(N)=O)NC(=O)[C@H](CO)NC(=O)CNC(=O)COCCOCCNC(=O)CCCCCCCCCCCCCCCc1nnn[nH]1)C(=O)NC. The number of likely N-dealkylation sites (N-methyl/N-ethyl adjacent to an activating group) is 1. The second kappa shape index (κ2) is 44.1. The number of hydrogen-bond donors (Lipinski definition) is 13. The maximum Gasteiger partial charge on any atom is 0.246 e. The largest absolute Gasteiger partial charge is 0.394 e. The Labute approximate surface area is 469 Å². The van der Waals surface area contributed by atoms with Gasteiger partial charge in [0.05, 0.1) is 45.0 Å². The number of carbonyl (C=O) groups excluding carboxylic acids is 9. The normalized spacial score (nSPS) is 12.9. The van der Waals surface area contributed by atoms with Gasteiger partial charge in [-0.15, -0.1) is 5.10 Å². The second-order valence-corrected chi connectivity index (χ2v) is 19.6. The van der Waals surface area contributed by atoms with E-state index in [0.29, 0.717) is 50.9 Å². The predicted molar refractivity (Wildman–Crippen MR) is 294 cm³/mol. The molecule has 0 unspecified atom stereocenters. The van der Waals surface area contributed by atoms with Crippen LogP contribution in [0.4, 0.5) is 0 Å². The van der Waals surface area contributed by atoms with Gasteiger partial charge in [-0.25, -0.2) is 10.1 Å². The highest BCUT2D eigenvalue weighted by atomic mass is 16.5. The highest BCUT2D eigenvalue weighted by molar-refractivity contribution is 5.97. The van der Waals surface area contributed by atoms with E-state index in [9.17, 15) is 48.3 Å². The standard InChI is InChI=1S/C52H92N16O12/c1-3-4-20-38(48(74)55-2)61-49(75)39(21-18-19-26-53)62-51(77)41(31-37-32-56-36-59-37)64-50(76)40(24-25-43(54)70)63-52(78)42(34-69)60-46(72)33-58-47(73)35-80-30-29-79-28-27-57-45(71)23-17-15-13-11-9-7-5-6-8-10-12-14-16-22-44-65-67-68-66-44/h32,36,38-42,69H,3-31,33-35,53H2,1-2H3,(H2,54,70)(H,55,74)(H,56,59)(H,57,71)(H,58,73)(H,60,72)(H,61,75)(H,62,77)(H,63,78)(H,64,76)(H,65,66,67,68)/t38-,39-,40-,41-,42-/m0/s1. The smallest absolute Gasteiger partial charge is 0.246 e. The summed E-state index contributed by atoms with van der Waals surface area (Å²) >= 11 is 0. The molecular weight excluding hydrogens is 1040 g/mol. The summed E-state index contributed by atoms with van der Waals surface area (Å²) in [6.45, 7) is 1.08. The number of unbranched alkanes of at least 4 members (excludes halogenated alkanes) is 14. The van der Waals surface area contributed by atoms with Crippen LogP contribution in [0.25, 0.3) is 0 Å². The number of rotatable bonds is 49. The Kier molecular flexibility index (Phi) is 38.3. The number of primary amides is 1. The molecule has 0 aliphatic rings. The third-order valence-corrected chi connectivity index (χ3v) is 12.9. The Hall–Kier alpha value is -6.65. The maximum absolute atomic E-state index is 14.0. The molecule has 452 valence electrons. The fourth-order valence-corrected chi connectivity index (χ4v) is 8.29. The average molecular weight is 1130 g/mol. The van der Waals surface area contributed by atoms with Crippen LogP contribution >= 0.6 is 0 Å². The van der Waals surface area contributed by atoms with Crippen molar-refractivity contribution in [2.45, 2.75) is 191 Å². The lowest BCUT2D eigenvalue weighted by molar-refractivity contribution is -0.135. The monoisotopic (exact) mass is 1130 g/mol. The van der Waals surface area contributed by atoms with Crippen LogP contribution in [-0.2, 0) is 65.5 Å². The number of imidazole rings is 1. The van der Waals surface area contributed by atoms with Crippen molar-refractivity contribution in [2.75, 3.05) is 59.7 Å². The van der Waals surface area contributed by atoms with Crippen molar-refractivity contribution in [3.63, 3.8) is 0 Å². The minimum atomic E-state index is -1.63. The summed E-state index contributed by atoms with van der Waals surface area (Å²) in [5.74, 6) is -5.39. The number of amides is 9. The summed E-state index contributed by atoms with van der Waals surface area (Å²) in [6.07, 6.45) is 21.4. The van der Waals surface area contributed by atoms with Gasteiger partial charge in [0, 0.05) is 45.5 Å². The van der Waals surface area contributed by atoms with E-state index in [-0.39, 0.29) is 45.0 Å². The molecule has 28 heteroatoms.